The number of likely N-dealkylation sites (tertiary alicyclic amines) is 1. The Bertz CT molecular complexity index is 588. The number of guanidine groups is 1. The van der Waals surface area contributed by atoms with Crippen molar-refractivity contribution in [3.63, 3.8) is 0 Å². The van der Waals surface area contributed by atoms with Crippen LogP contribution in [0, 0.1) is 0 Å². The van der Waals surface area contributed by atoms with E-state index in [4.69, 9.17) is 0 Å². The number of nitrogens with one attached hydrogen (secondary N) is 2. The first kappa shape index (κ1) is 22.7. The van der Waals surface area contributed by atoms with E-state index in [1.165, 1.54) is 11.1 Å². The van der Waals surface area contributed by atoms with Crippen molar-refractivity contribution in [1.82, 2.24) is 20.4 Å². The first-order valence-corrected chi connectivity index (χ1v) is 8.99. The number of carbonyl (C=O) groups excluding carboxylic acids is 1. The maximum Gasteiger partial charge on any atom is 0.222 e. The second-order valence-corrected chi connectivity index (χ2v) is 6.80. The number of hydrogen-bond acceptors (Lipinski definition) is 3. The fourth-order valence-corrected chi connectivity index (χ4v) is 3.03. The predicted molar refractivity (Wildman–Crippen MR) is 118 cm³/mol. The molecule has 0 aromatic heterocycles. The van der Waals surface area contributed by atoms with Gasteiger partial charge in [0.05, 0.1) is 0 Å². The van der Waals surface area contributed by atoms with Gasteiger partial charge in [-0.3, -0.25) is 9.79 Å². The van der Waals surface area contributed by atoms with Crippen molar-refractivity contribution in [2.75, 3.05) is 34.2 Å². The number of aliphatic imine (C=N–C) groups is 1. The van der Waals surface area contributed by atoms with E-state index in [1.807, 2.05) is 11.8 Å². The molecule has 7 heteroatoms. The molecule has 6 nitrogen and oxygen atoms in total. The van der Waals surface area contributed by atoms with E-state index in [-0.39, 0.29) is 35.9 Å². The summed E-state index contributed by atoms with van der Waals surface area (Å²) in [6.45, 7) is 5.17. The molecule has 1 heterocycles. The minimum Gasteiger partial charge on any atom is -0.352 e. The van der Waals surface area contributed by atoms with Crippen LogP contribution in [-0.4, -0.2) is 61.9 Å². The van der Waals surface area contributed by atoms with Crippen molar-refractivity contribution in [2.45, 2.75) is 38.9 Å². The van der Waals surface area contributed by atoms with Gasteiger partial charge in [0.15, 0.2) is 5.96 Å². The quantitative estimate of drug-likeness (QED) is 0.377. The summed E-state index contributed by atoms with van der Waals surface area (Å²) in [6.07, 6.45) is 1.54. The zero-order valence-corrected chi connectivity index (χ0v) is 18.6. The minimum absolute atomic E-state index is 0. The van der Waals surface area contributed by atoms with Crippen molar-refractivity contribution in [3.05, 3.63) is 35.4 Å². The highest BCUT2D eigenvalue weighted by molar-refractivity contribution is 14.0. The highest BCUT2D eigenvalue weighted by Crippen LogP contribution is 2.10. The molecule has 146 valence electrons. The van der Waals surface area contributed by atoms with E-state index in [0.29, 0.717) is 6.42 Å². The van der Waals surface area contributed by atoms with E-state index in [1.54, 1.807) is 7.05 Å². The average molecular weight is 473 g/mol. The Labute approximate surface area is 174 Å². The molecular weight excluding hydrogens is 441 g/mol. The van der Waals surface area contributed by atoms with Crippen molar-refractivity contribution in [2.24, 2.45) is 4.99 Å². The molecule has 1 aromatic carbocycles. The number of rotatable bonds is 6. The van der Waals surface area contributed by atoms with Gasteiger partial charge in [0.1, 0.15) is 0 Å². The van der Waals surface area contributed by atoms with Crippen LogP contribution in [0.4, 0.5) is 0 Å². The fraction of sp³-hybridized carbons (Fsp3) is 0.579. The Kier molecular flexibility index (Phi) is 9.93. The van der Waals surface area contributed by atoms with Crippen molar-refractivity contribution >= 4 is 35.8 Å². The molecule has 1 unspecified atom stereocenters. The van der Waals surface area contributed by atoms with Gasteiger partial charge in [0, 0.05) is 45.7 Å². The molecule has 1 saturated heterocycles. The second kappa shape index (κ2) is 11.4. The van der Waals surface area contributed by atoms with Gasteiger partial charge < -0.3 is 20.4 Å². The smallest absolute Gasteiger partial charge is 0.222 e. The molecule has 0 radical (unpaired) electrons. The van der Waals surface area contributed by atoms with Gasteiger partial charge in [-0.1, -0.05) is 31.2 Å². The van der Waals surface area contributed by atoms with Crippen LogP contribution in [0.1, 0.15) is 30.9 Å². The molecule has 0 saturated carbocycles. The topological polar surface area (TPSA) is 60.0 Å². The number of amides is 1. The van der Waals surface area contributed by atoms with E-state index >= 15 is 0 Å². The van der Waals surface area contributed by atoms with E-state index in [2.05, 4.69) is 58.9 Å². The Morgan fingerprint density at radius 2 is 1.92 bits per heavy atom. The number of benzene rings is 1. The Hall–Kier alpha value is -1.35. The lowest BCUT2D eigenvalue weighted by molar-refractivity contribution is -0.129. The summed E-state index contributed by atoms with van der Waals surface area (Å²) < 4.78 is 0. The summed E-state index contributed by atoms with van der Waals surface area (Å²) in [4.78, 5) is 20.2. The highest BCUT2D eigenvalue weighted by atomic mass is 127. The molecule has 1 atom stereocenters. The van der Waals surface area contributed by atoms with Crippen molar-refractivity contribution in [3.8, 4) is 0 Å². The SMILES string of the molecule is CCC(=O)N1CCC(NC(=NC)NCc2ccc(CN(C)C)cc2)C1.I. The Balaban J connectivity index is 0.00000338. The van der Waals surface area contributed by atoms with Crippen LogP contribution >= 0.6 is 24.0 Å². The van der Waals surface area contributed by atoms with Crippen LogP contribution in [0.25, 0.3) is 0 Å². The zero-order chi connectivity index (χ0) is 18.2. The van der Waals surface area contributed by atoms with E-state index in [9.17, 15) is 4.79 Å². The maximum absolute atomic E-state index is 11.8. The molecule has 1 fully saturated rings. The molecule has 1 aromatic rings. The number of hydrogen-bond donors (Lipinski definition) is 2. The van der Waals surface area contributed by atoms with Crippen molar-refractivity contribution < 1.29 is 4.79 Å². The van der Waals surface area contributed by atoms with Crippen LogP contribution in [0.3, 0.4) is 0 Å². The first-order chi connectivity index (χ1) is 12.0. The summed E-state index contributed by atoms with van der Waals surface area (Å²) in [5, 5.41) is 6.78. The summed E-state index contributed by atoms with van der Waals surface area (Å²) in [6, 6.07) is 8.90. The monoisotopic (exact) mass is 473 g/mol. The highest BCUT2D eigenvalue weighted by Gasteiger charge is 2.25. The molecule has 0 spiro atoms. The number of halogens is 1. The van der Waals surface area contributed by atoms with E-state index in [0.717, 1.165) is 38.6 Å². The van der Waals surface area contributed by atoms with Crippen LogP contribution in [-0.2, 0) is 17.9 Å². The van der Waals surface area contributed by atoms with Crippen LogP contribution < -0.4 is 10.6 Å². The first-order valence-electron chi connectivity index (χ1n) is 8.99. The van der Waals surface area contributed by atoms with Crippen LogP contribution in [0.2, 0.25) is 0 Å². The minimum atomic E-state index is 0. The molecule has 1 amide bonds. The summed E-state index contributed by atoms with van der Waals surface area (Å²) in [7, 11) is 5.92. The van der Waals surface area contributed by atoms with Crippen LogP contribution in [0.15, 0.2) is 29.3 Å². The fourth-order valence-electron chi connectivity index (χ4n) is 3.03. The molecule has 26 heavy (non-hydrogen) atoms. The second-order valence-electron chi connectivity index (χ2n) is 6.80. The lowest BCUT2D eigenvalue weighted by atomic mass is 10.1. The molecule has 0 bridgehead atoms. The number of nitrogens with zero attached hydrogens (tertiary/aromatic N) is 3. The van der Waals surface area contributed by atoms with Crippen LogP contribution in [0.5, 0.6) is 0 Å². The predicted octanol–water partition coefficient (Wildman–Crippen LogP) is 2.04. The lowest BCUT2D eigenvalue weighted by Gasteiger charge is -2.19. The standard InChI is InChI=1S/C19H31N5O.HI/c1-5-18(25)24-11-10-17(14-24)22-19(20-2)21-12-15-6-8-16(9-7-15)13-23(3)4;/h6-9,17H,5,10-14H2,1-4H3,(H2,20,21,22);1H. The zero-order valence-electron chi connectivity index (χ0n) is 16.3. The third-order valence-corrected chi connectivity index (χ3v) is 4.39. The third-order valence-electron chi connectivity index (χ3n) is 4.39. The Morgan fingerprint density at radius 1 is 1.27 bits per heavy atom. The van der Waals surface area contributed by atoms with Gasteiger partial charge in [-0.2, -0.15) is 0 Å². The van der Waals surface area contributed by atoms with Gasteiger partial charge >= 0.3 is 0 Å². The largest absolute Gasteiger partial charge is 0.352 e. The molecule has 1 aliphatic heterocycles. The lowest BCUT2D eigenvalue weighted by Crippen LogP contribution is -2.44. The number of carbonyl (C=O) groups is 1. The van der Waals surface area contributed by atoms with Gasteiger partial charge in [0.25, 0.3) is 0 Å². The maximum atomic E-state index is 11.8. The normalized spacial score (nSPS) is 17.2. The molecule has 0 aliphatic carbocycles. The summed E-state index contributed by atoms with van der Waals surface area (Å²) in [5.41, 5.74) is 2.53. The van der Waals surface area contributed by atoms with Crippen molar-refractivity contribution in [1.29, 1.82) is 0 Å². The summed E-state index contributed by atoms with van der Waals surface area (Å²) in [5.74, 6) is 1.01. The summed E-state index contributed by atoms with van der Waals surface area (Å²) >= 11 is 0. The molecule has 2 rings (SSSR count). The molecule has 2 N–H and O–H groups in total. The van der Waals surface area contributed by atoms with Gasteiger partial charge in [-0.05, 0) is 31.6 Å². The van der Waals surface area contributed by atoms with Gasteiger partial charge in [0.2, 0.25) is 5.91 Å². The molecule has 1 aliphatic rings. The third kappa shape index (κ3) is 7.11. The Morgan fingerprint density at radius 3 is 2.50 bits per heavy atom. The average Bonchev–Trinajstić information content (AvgIpc) is 3.07. The van der Waals surface area contributed by atoms with E-state index < -0.39 is 0 Å². The van der Waals surface area contributed by atoms with Gasteiger partial charge in [-0.25, -0.2) is 0 Å². The van der Waals surface area contributed by atoms with Gasteiger partial charge in [-0.15, -0.1) is 24.0 Å². The molecular formula is C19H32IN5O.